The van der Waals surface area contributed by atoms with Crippen LogP contribution in [0, 0.1) is 11.8 Å². The fourth-order valence-electron chi connectivity index (χ4n) is 7.89. The number of nitrogens with one attached hydrogen (secondary N) is 6. The number of nitrogens with zero attached hydrogens (tertiary/aromatic N) is 2. The summed E-state index contributed by atoms with van der Waals surface area (Å²) in [4.78, 5) is 29.2. The van der Waals surface area contributed by atoms with Gasteiger partial charge in [-0.2, -0.15) is 0 Å². The first-order valence-electron chi connectivity index (χ1n) is 16.8. The third-order valence-corrected chi connectivity index (χ3v) is 10.8. The minimum absolute atomic E-state index is 0.0200. The van der Waals surface area contributed by atoms with Crippen LogP contribution < -0.4 is 31.9 Å². The van der Waals surface area contributed by atoms with Crippen LogP contribution in [-0.2, 0) is 19.1 Å². The zero-order chi connectivity index (χ0) is 29.9. The van der Waals surface area contributed by atoms with Crippen molar-refractivity contribution in [3.05, 3.63) is 0 Å². The van der Waals surface area contributed by atoms with Gasteiger partial charge in [0, 0.05) is 64.2 Å². The SMILES string of the molecule is CC(=O)N1CC(NC2CC(C(=O)NC[C@@H](O)[C@@H]3CC4CCC(OCC5OCNC5C)CC4CN3)NC(N3CCCC3)N2)C1. The molecule has 5 aliphatic heterocycles. The van der Waals surface area contributed by atoms with Crippen molar-refractivity contribution in [3.63, 3.8) is 0 Å². The molecule has 0 aromatic carbocycles. The minimum atomic E-state index is -0.634. The summed E-state index contributed by atoms with van der Waals surface area (Å²) in [5.41, 5.74) is 0. The maximum absolute atomic E-state index is 13.4. The highest BCUT2D eigenvalue weighted by molar-refractivity contribution is 5.82. The summed E-state index contributed by atoms with van der Waals surface area (Å²) in [6, 6.07) is 0.175. The van der Waals surface area contributed by atoms with Gasteiger partial charge in [0.15, 0.2) is 0 Å². The number of hydrogen-bond acceptors (Lipinski definition) is 11. The number of carbonyl (C=O) groups is 2. The second-order valence-electron chi connectivity index (χ2n) is 13.8. The molecule has 43 heavy (non-hydrogen) atoms. The lowest BCUT2D eigenvalue weighted by molar-refractivity contribution is -0.133. The molecule has 8 unspecified atom stereocenters. The van der Waals surface area contributed by atoms with Crippen molar-refractivity contribution < 1.29 is 24.2 Å². The molecule has 1 saturated carbocycles. The van der Waals surface area contributed by atoms with Gasteiger partial charge in [-0.15, -0.1) is 0 Å². The Balaban J connectivity index is 0.941. The average Bonchev–Trinajstić information content (AvgIpc) is 3.67. The van der Waals surface area contributed by atoms with Crippen molar-refractivity contribution in [2.24, 2.45) is 11.8 Å². The first-order chi connectivity index (χ1) is 20.8. The number of piperidine rings is 1. The van der Waals surface area contributed by atoms with E-state index in [1.807, 2.05) is 4.90 Å². The number of fused-ring (bicyclic) bond motifs is 1. The molecular formula is C30H54N8O5. The molecule has 0 spiro atoms. The van der Waals surface area contributed by atoms with Gasteiger partial charge >= 0.3 is 0 Å². The molecule has 6 fully saturated rings. The van der Waals surface area contributed by atoms with E-state index >= 15 is 0 Å². The van der Waals surface area contributed by atoms with E-state index < -0.39 is 6.10 Å². The van der Waals surface area contributed by atoms with E-state index in [9.17, 15) is 14.7 Å². The van der Waals surface area contributed by atoms with Crippen LogP contribution in [0.1, 0.15) is 58.8 Å². The second kappa shape index (κ2) is 14.3. The molecule has 5 heterocycles. The van der Waals surface area contributed by atoms with Gasteiger partial charge in [0.2, 0.25) is 11.8 Å². The number of aliphatic hydroxyl groups excluding tert-OH is 1. The van der Waals surface area contributed by atoms with Crippen molar-refractivity contribution in [1.82, 2.24) is 41.7 Å². The smallest absolute Gasteiger partial charge is 0.237 e. The summed E-state index contributed by atoms with van der Waals surface area (Å²) < 4.78 is 12.0. The number of aliphatic hydroxyl groups is 1. The van der Waals surface area contributed by atoms with Gasteiger partial charge in [0.05, 0.1) is 43.9 Å². The fourth-order valence-corrected chi connectivity index (χ4v) is 7.89. The number of amides is 2. The number of carbonyl (C=O) groups excluding carboxylic acids is 2. The zero-order valence-electron chi connectivity index (χ0n) is 25.9. The molecule has 0 bridgehead atoms. The molecule has 6 rings (SSSR count). The Morgan fingerprint density at radius 1 is 1.07 bits per heavy atom. The van der Waals surface area contributed by atoms with E-state index in [0.717, 1.165) is 58.2 Å². The number of likely N-dealkylation sites (tertiary alicyclic amines) is 2. The lowest BCUT2D eigenvalue weighted by Gasteiger charge is -2.46. The van der Waals surface area contributed by atoms with Crippen LogP contribution in [0.2, 0.25) is 0 Å². The molecule has 2 amide bonds. The molecule has 13 nitrogen and oxygen atoms in total. The molecule has 244 valence electrons. The summed E-state index contributed by atoms with van der Waals surface area (Å²) in [5, 5.41) is 31.8. The van der Waals surface area contributed by atoms with Crippen molar-refractivity contribution in [2.45, 2.75) is 114 Å². The van der Waals surface area contributed by atoms with Gasteiger partial charge in [0.25, 0.3) is 0 Å². The Morgan fingerprint density at radius 3 is 2.63 bits per heavy atom. The van der Waals surface area contributed by atoms with Gasteiger partial charge in [-0.05, 0) is 63.8 Å². The maximum Gasteiger partial charge on any atom is 0.237 e. The third-order valence-electron chi connectivity index (χ3n) is 10.8. The second-order valence-corrected chi connectivity index (χ2v) is 13.8. The van der Waals surface area contributed by atoms with Crippen molar-refractivity contribution >= 4 is 11.8 Å². The first kappa shape index (κ1) is 31.6. The summed E-state index contributed by atoms with van der Waals surface area (Å²) >= 11 is 0. The number of rotatable bonds is 10. The highest BCUT2D eigenvalue weighted by Gasteiger charge is 2.40. The zero-order valence-corrected chi connectivity index (χ0v) is 25.9. The Kier molecular flexibility index (Phi) is 10.5. The summed E-state index contributed by atoms with van der Waals surface area (Å²) in [6.07, 6.45) is 6.71. The Bertz CT molecular complexity index is 950. The van der Waals surface area contributed by atoms with Gasteiger partial charge in [-0.3, -0.25) is 35.8 Å². The monoisotopic (exact) mass is 606 g/mol. The van der Waals surface area contributed by atoms with Crippen molar-refractivity contribution in [2.75, 3.05) is 52.6 Å². The van der Waals surface area contributed by atoms with Crippen LogP contribution in [0.25, 0.3) is 0 Å². The molecule has 6 aliphatic rings. The quantitative estimate of drug-likeness (QED) is 0.155. The molecule has 5 saturated heterocycles. The van der Waals surface area contributed by atoms with E-state index in [0.29, 0.717) is 50.7 Å². The van der Waals surface area contributed by atoms with Gasteiger partial charge in [0.1, 0.15) is 6.29 Å². The van der Waals surface area contributed by atoms with E-state index in [-0.39, 0.29) is 61.1 Å². The van der Waals surface area contributed by atoms with Gasteiger partial charge in [-0.25, -0.2) is 0 Å². The molecule has 0 aromatic heterocycles. The Hall–Kier alpha value is -1.42. The fraction of sp³-hybridized carbons (Fsp3) is 0.933. The summed E-state index contributed by atoms with van der Waals surface area (Å²) in [6.45, 7) is 9.51. The minimum Gasteiger partial charge on any atom is -0.390 e. The normalized spacial score (nSPS) is 39.7. The third kappa shape index (κ3) is 7.87. The summed E-state index contributed by atoms with van der Waals surface area (Å²) in [7, 11) is 0. The Labute approximate surface area is 255 Å². The highest BCUT2D eigenvalue weighted by Crippen LogP contribution is 2.37. The topological polar surface area (TPSA) is 151 Å². The average molecular weight is 607 g/mol. The lowest BCUT2D eigenvalue weighted by Crippen LogP contribution is -2.72. The molecular weight excluding hydrogens is 552 g/mol. The van der Waals surface area contributed by atoms with E-state index in [2.05, 4.69) is 43.7 Å². The van der Waals surface area contributed by atoms with Crippen LogP contribution in [0.4, 0.5) is 0 Å². The lowest BCUT2D eigenvalue weighted by atomic mass is 9.72. The molecule has 0 aromatic rings. The molecule has 10 atom stereocenters. The number of ether oxygens (including phenoxy) is 2. The molecule has 7 N–H and O–H groups in total. The largest absolute Gasteiger partial charge is 0.390 e. The first-order valence-corrected chi connectivity index (χ1v) is 16.8. The van der Waals surface area contributed by atoms with E-state index in [1.54, 1.807) is 6.92 Å². The van der Waals surface area contributed by atoms with Crippen LogP contribution in [0.3, 0.4) is 0 Å². The van der Waals surface area contributed by atoms with Gasteiger partial charge < -0.3 is 30.1 Å². The predicted molar refractivity (Wildman–Crippen MR) is 161 cm³/mol. The van der Waals surface area contributed by atoms with Crippen LogP contribution >= 0.6 is 0 Å². The van der Waals surface area contributed by atoms with Crippen molar-refractivity contribution in [3.8, 4) is 0 Å². The van der Waals surface area contributed by atoms with Crippen LogP contribution in [0.15, 0.2) is 0 Å². The molecule has 0 radical (unpaired) electrons. The maximum atomic E-state index is 13.4. The highest BCUT2D eigenvalue weighted by atomic mass is 16.5. The van der Waals surface area contributed by atoms with Crippen molar-refractivity contribution in [1.29, 1.82) is 0 Å². The standard InChI is InChI=1S/C30H54N8O5/c1-18-27(43-17-33-18)16-42-23-6-5-20-10-24(31-12-21(20)9-23)26(40)13-32-29(41)25-11-28(34-22-14-38(15-22)19(2)39)36-30(35-25)37-7-3-4-8-37/h18,20-28,30-31,33-36,40H,3-17H2,1-2H3,(H,32,41)/t18?,20?,21?,23?,24-,25?,26+,27?,28?,30?/m0/s1. The summed E-state index contributed by atoms with van der Waals surface area (Å²) in [5.74, 6) is 1.16. The predicted octanol–water partition coefficient (Wildman–Crippen LogP) is -1.56. The molecule has 1 aliphatic carbocycles. The Morgan fingerprint density at radius 2 is 1.88 bits per heavy atom. The number of hydrogen-bond donors (Lipinski definition) is 7. The van der Waals surface area contributed by atoms with Gasteiger partial charge in [-0.1, -0.05) is 0 Å². The van der Waals surface area contributed by atoms with E-state index in [1.165, 1.54) is 0 Å². The van der Waals surface area contributed by atoms with E-state index in [4.69, 9.17) is 9.47 Å². The van der Waals surface area contributed by atoms with Crippen LogP contribution in [0.5, 0.6) is 0 Å². The molecule has 13 heteroatoms. The van der Waals surface area contributed by atoms with Crippen LogP contribution in [-0.4, -0.2) is 134 Å².